The van der Waals surface area contributed by atoms with Gasteiger partial charge in [-0.15, -0.1) is 11.8 Å². The summed E-state index contributed by atoms with van der Waals surface area (Å²) in [6, 6.07) is 14.1. The summed E-state index contributed by atoms with van der Waals surface area (Å²) in [6.45, 7) is 0. The predicted octanol–water partition coefficient (Wildman–Crippen LogP) is 4.94. The Kier molecular flexibility index (Phi) is 4.02. The number of para-hydroxylation sites is 1. The van der Waals surface area contributed by atoms with E-state index >= 15 is 0 Å². The van der Waals surface area contributed by atoms with Crippen LogP contribution >= 0.6 is 11.8 Å². The first kappa shape index (κ1) is 14.8. The lowest BCUT2D eigenvalue weighted by atomic mass is 10.2. The SMILES string of the molecule is FC(F)(F)c1ccc(SCc2ccc3ccccc3n2)nc1. The molecule has 0 unspecified atom stereocenters. The van der Waals surface area contributed by atoms with E-state index in [9.17, 15) is 13.2 Å². The molecule has 22 heavy (non-hydrogen) atoms. The summed E-state index contributed by atoms with van der Waals surface area (Å²) in [5, 5.41) is 1.60. The van der Waals surface area contributed by atoms with E-state index in [4.69, 9.17) is 0 Å². The van der Waals surface area contributed by atoms with Gasteiger partial charge < -0.3 is 0 Å². The molecule has 1 aromatic carbocycles. The van der Waals surface area contributed by atoms with Gasteiger partial charge in [0.1, 0.15) is 0 Å². The first-order valence-corrected chi connectivity index (χ1v) is 7.52. The first-order chi connectivity index (χ1) is 10.5. The van der Waals surface area contributed by atoms with Crippen LogP contribution in [0.4, 0.5) is 13.2 Å². The molecule has 0 saturated heterocycles. The molecule has 0 aliphatic rings. The van der Waals surface area contributed by atoms with Crippen LogP contribution in [-0.4, -0.2) is 9.97 Å². The standard InChI is InChI=1S/C16H11F3N2S/c17-16(18,19)12-6-8-15(20-9-12)22-10-13-7-5-11-3-1-2-4-14(11)21-13/h1-9H,10H2. The van der Waals surface area contributed by atoms with Crippen molar-refractivity contribution >= 4 is 22.7 Å². The molecule has 0 fully saturated rings. The Hall–Kier alpha value is -2.08. The molecule has 112 valence electrons. The highest BCUT2D eigenvalue weighted by Crippen LogP contribution is 2.30. The van der Waals surface area contributed by atoms with Crippen LogP contribution < -0.4 is 0 Å². The molecule has 3 aromatic rings. The molecule has 0 aliphatic heterocycles. The van der Waals surface area contributed by atoms with E-state index in [1.165, 1.54) is 17.8 Å². The number of alkyl halides is 3. The number of aromatic nitrogens is 2. The molecule has 3 rings (SSSR count). The zero-order valence-electron chi connectivity index (χ0n) is 11.3. The molecule has 2 nitrogen and oxygen atoms in total. The molecule has 0 atom stereocenters. The number of benzene rings is 1. The van der Waals surface area contributed by atoms with E-state index in [0.717, 1.165) is 28.9 Å². The molecule has 0 bridgehead atoms. The van der Waals surface area contributed by atoms with Gasteiger partial charge >= 0.3 is 6.18 Å². The number of thioether (sulfide) groups is 1. The Balaban J connectivity index is 1.71. The average molecular weight is 320 g/mol. The summed E-state index contributed by atoms with van der Waals surface area (Å²) in [5.41, 5.74) is 1.03. The lowest BCUT2D eigenvalue weighted by molar-refractivity contribution is -0.137. The van der Waals surface area contributed by atoms with Crippen molar-refractivity contribution in [1.82, 2.24) is 9.97 Å². The van der Waals surface area contributed by atoms with Crippen molar-refractivity contribution in [2.75, 3.05) is 0 Å². The van der Waals surface area contributed by atoms with Crippen LogP contribution in [-0.2, 0) is 11.9 Å². The highest BCUT2D eigenvalue weighted by molar-refractivity contribution is 7.98. The predicted molar refractivity (Wildman–Crippen MR) is 80.5 cm³/mol. The van der Waals surface area contributed by atoms with Crippen LogP contribution in [0.15, 0.2) is 59.8 Å². The molecule has 0 spiro atoms. The van der Waals surface area contributed by atoms with Crippen molar-refractivity contribution < 1.29 is 13.2 Å². The van der Waals surface area contributed by atoms with Crippen molar-refractivity contribution in [3.05, 3.63) is 66.0 Å². The highest BCUT2D eigenvalue weighted by atomic mass is 32.2. The minimum atomic E-state index is -4.35. The molecule has 0 N–H and O–H groups in total. The van der Waals surface area contributed by atoms with Gasteiger partial charge in [-0.3, -0.25) is 4.98 Å². The van der Waals surface area contributed by atoms with E-state index in [-0.39, 0.29) is 0 Å². The molecule has 6 heteroatoms. The van der Waals surface area contributed by atoms with E-state index < -0.39 is 11.7 Å². The van der Waals surface area contributed by atoms with Crippen molar-refractivity contribution in [3.8, 4) is 0 Å². The lowest BCUT2D eigenvalue weighted by Gasteiger charge is -2.07. The third-order valence-electron chi connectivity index (χ3n) is 3.09. The number of hydrogen-bond donors (Lipinski definition) is 0. The topological polar surface area (TPSA) is 25.8 Å². The van der Waals surface area contributed by atoms with Gasteiger partial charge in [0.05, 0.1) is 21.8 Å². The van der Waals surface area contributed by atoms with Crippen LogP contribution in [0.25, 0.3) is 10.9 Å². The maximum absolute atomic E-state index is 12.5. The number of rotatable bonds is 3. The monoisotopic (exact) mass is 320 g/mol. The fourth-order valence-electron chi connectivity index (χ4n) is 1.97. The molecule has 2 heterocycles. The van der Waals surface area contributed by atoms with Crippen LogP contribution in [0, 0.1) is 0 Å². The van der Waals surface area contributed by atoms with Gasteiger partial charge in [-0.05, 0) is 24.3 Å². The summed E-state index contributed by atoms with van der Waals surface area (Å²) in [7, 11) is 0. The highest BCUT2D eigenvalue weighted by Gasteiger charge is 2.30. The summed E-state index contributed by atoms with van der Waals surface area (Å²) in [4.78, 5) is 8.36. The minimum Gasteiger partial charge on any atom is -0.252 e. The number of hydrogen-bond acceptors (Lipinski definition) is 3. The van der Waals surface area contributed by atoms with Crippen molar-refractivity contribution in [2.24, 2.45) is 0 Å². The van der Waals surface area contributed by atoms with Gasteiger partial charge in [0.2, 0.25) is 0 Å². The van der Waals surface area contributed by atoms with Gasteiger partial charge in [0, 0.05) is 17.3 Å². The Bertz CT molecular complexity index is 785. The second-order valence-corrected chi connectivity index (χ2v) is 5.66. The Morgan fingerprint density at radius 2 is 1.77 bits per heavy atom. The quantitative estimate of drug-likeness (QED) is 0.639. The Labute approximate surface area is 129 Å². The van der Waals surface area contributed by atoms with E-state index in [1.54, 1.807) is 0 Å². The van der Waals surface area contributed by atoms with Crippen LogP contribution in [0.1, 0.15) is 11.3 Å². The maximum Gasteiger partial charge on any atom is 0.417 e. The van der Waals surface area contributed by atoms with Gasteiger partial charge in [0.25, 0.3) is 0 Å². The Morgan fingerprint density at radius 1 is 0.955 bits per heavy atom. The van der Waals surface area contributed by atoms with Crippen molar-refractivity contribution in [2.45, 2.75) is 17.0 Å². The van der Waals surface area contributed by atoms with Crippen LogP contribution in [0.3, 0.4) is 0 Å². The number of pyridine rings is 2. The second-order valence-electron chi connectivity index (χ2n) is 4.67. The fourth-order valence-corrected chi connectivity index (χ4v) is 2.72. The summed E-state index contributed by atoms with van der Waals surface area (Å²) in [5.74, 6) is 0.559. The van der Waals surface area contributed by atoms with Crippen LogP contribution in [0.5, 0.6) is 0 Å². The molecule has 0 aliphatic carbocycles. The van der Waals surface area contributed by atoms with Crippen molar-refractivity contribution in [3.63, 3.8) is 0 Å². The summed E-state index contributed by atoms with van der Waals surface area (Å²) >= 11 is 1.36. The lowest BCUT2D eigenvalue weighted by Crippen LogP contribution is -2.05. The molecule has 0 saturated carbocycles. The number of fused-ring (bicyclic) bond motifs is 1. The normalized spacial score (nSPS) is 11.8. The molecular formula is C16H11F3N2S. The zero-order valence-corrected chi connectivity index (χ0v) is 12.2. The maximum atomic E-state index is 12.5. The number of nitrogens with zero attached hydrogens (tertiary/aromatic N) is 2. The molecule has 0 radical (unpaired) electrons. The van der Waals surface area contributed by atoms with E-state index in [2.05, 4.69) is 9.97 Å². The zero-order chi connectivity index (χ0) is 15.6. The van der Waals surface area contributed by atoms with Crippen LogP contribution in [0.2, 0.25) is 0 Å². The molecule has 2 aromatic heterocycles. The minimum absolute atomic E-state index is 0.544. The fraction of sp³-hybridized carbons (Fsp3) is 0.125. The molecule has 0 amide bonds. The van der Waals surface area contributed by atoms with Gasteiger partial charge in [-0.2, -0.15) is 13.2 Å². The first-order valence-electron chi connectivity index (χ1n) is 6.53. The Morgan fingerprint density at radius 3 is 2.50 bits per heavy atom. The summed E-state index contributed by atoms with van der Waals surface area (Å²) in [6.07, 6.45) is -3.49. The van der Waals surface area contributed by atoms with E-state index in [0.29, 0.717) is 10.8 Å². The smallest absolute Gasteiger partial charge is 0.252 e. The third kappa shape index (κ3) is 3.39. The number of halogens is 3. The van der Waals surface area contributed by atoms with E-state index in [1.807, 2.05) is 36.4 Å². The van der Waals surface area contributed by atoms with Gasteiger partial charge in [-0.25, -0.2) is 4.98 Å². The average Bonchev–Trinajstić information content (AvgIpc) is 2.52. The second kappa shape index (κ2) is 5.96. The van der Waals surface area contributed by atoms with Gasteiger partial charge in [-0.1, -0.05) is 24.3 Å². The molecular weight excluding hydrogens is 309 g/mol. The summed E-state index contributed by atoms with van der Waals surface area (Å²) < 4.78 is 37.4. The van der Waals surface area contributed by atoms with Gasteiger partial charge in [0.15, 0.2) is 0 Å². The largest absolute Gasteiger partial charge is 0.417 e. The third-order valence-corrected chi connectivity index (χ3v) is 4.07. The van der Waals surface area contributed by atoms with Crippen molar-refractivity contribution in [1.29, 1.82) is 0 Å².